The number of hydrogen-bond donors (Lipinski definition) is 1. The smallest absolute Gasteiger partial charge is 0.247 e. The molecule has 0 atom stereocenters. The summed E-state index contributed by atoms with van der Waals surface area (Å²) in [6.07, 6.45) is 1.63. The van der Waals surface area contributed by atoms with Gasteiger partial charge in [-0.05, 0) is 37.6 Å². The van der Waals surface area contributed by atoms with Gasteiger partial charge >= 0.3 is 0 Å². The molecule has 6 nitrogen and oxygen atoms in total. The molecular weight excluding hydrogens is 397 g/mol. The van der Waals surface area contributed by atoms with E-state index in [0.29, 0.717) is 27.4 Å². The quantitative estimate of drug-likeness (QED) is 0.678. The maximum Gasteiger partial charge on any atom is 0.247 e. The minimum atomic E-state index is -0.257. The minimum Gasteiger partial charge on any atom is -0.306 e. The molecule has 0 aliphatic heterocycles. The summed E-state index contributed by atoms with van der Waals surface area (Å²) in [7, 11) is 0. The second-order valence-corrected chi connectivity index (χ2v) is 7.14. The van der Waals surface area contributed by atoms with Gasteiger partial charge in [0, 0.05) is 21.9 Å². The fourth-order valence-electron chi connectivity index (χ4n) is 2.53. The van der Waals surface area contributed by atoms with Crippen molar-refractivity contribution in [3.05, 3.63) is 62.5 Å². The van der Waals surface area contributed by atoms with Gasteiger partial charge in [-0.2, -0.15) is 10.2 Å². The topological polar surface area (TPSA) is 64.7 Å². The molecule has 0 radical (unpaired) electrons. The molecule has 0 aliphatic rings. The summed E-state index contributed by atoms with van der Waals surface area (Å²) in [6.45, 7) is 4.27. The van der Waals surface area contributed by atoms with Gasteiger partial charge in [0.15, 0.2) is 5.82 Å². The van der Waals surface area contributed by atoms with Crippen LogP contribution in [0.4, 0.5) is 5.82 Å². The number of aromatic nitrogens is 4. The van der Waals surface area contributed by atoms with Crippen LogP contribution in [0, 0.1) is 13.8 Å². The van der Waals surface area contributed by atoms with Crippen LogP contribution in [0.15, 0.2) is 30.5 Å². The number of nitrogens with one attached hydrogen (secondary N) is 1. The Morgan fingerprint density at radius 1 is 1.12 bits per heavy atom. The van der Waals surface area contributed by atoms with E-state index in [1.54, 1.807) is 27.7 Å². The molecule has 26 heavy (non-hydrogen) atoms. The van der Waals surface area contributed by atoms with Crippen molar-refractivity contribution in [2.75, 3.05) is 5.32 Å². The number of hydrogen-bond acceptors (Lipinski definition) is 3. The van der Waals surface area contributed by atoms with Crippen molar-refractivity contribution in [3.8, 4) is 0 Å². The molecule has 0 spiro atoms. The fraction of sp³-hybridized carbons (Fsp3) is 0.235. The molecule has 0 bridgehead atoms. The second-order valence-electron chi connectivity index (χ2n) is 5.89. The van der Waals surface area contributed by atoms with Gasteiger partial charge in [-0.1, -0.05) is 40.9 Å². The standard InChI is InChI=1S/C17H16Cl3N5O/c1-10-5-11(2)25(22-10)9-16(26)21-17-15(20)8-24(23-17)7-12-3-4-13(18)6-14(12)19/h3-6,8H,7,9H2,1-2H3,(H,21,23,26). The summed E-state index contributed by atoms with van der Waals surface area (Å²) in [6, 6.07) is 7.15. The third-order valence-electron chi connectivity index (χ3n) is 3.72. The Morgan fingerprint density at radius 2 is 1.88 bits per heavy atom. The van der Waals surface area contributed by atoms with Crippen LogP contribution in [0.1, 0.15) is 17.0 Å². The normalized spacial score (nSPS) is 11.0. The number of nitrogens with zero attached hydrogens (tertiary/aromatic N) is 4. The Kier molecular flexibility index (Phi) is 5.55. The first-order valence-electron chi connectivity index (χ1n) is 7.79. The fourth-order valence-corrected chi connectivity index (χ4v) is 3.20. The monoisotopic (exact) mass is 411 g/mol. The maximum absolute atomic E-state index is 12.2. The molecule has 0 fully saturated rings. The van der Waals surface area contributed by atoms with Crippen molar-refractivity contribution in [2.24, 2.45) is 0 Å². The Hall–Kier alpha value is -2.02. The molecular formula is C17H16Cl3N5O. The molecule has 136 valence electrons. The summed E-state index contributed by atoms with van der Waals surface area (Å²) >= 11 is 18.3. The Balaban J connectivity index is 1.69. The first-order chi connectivity index (χ1) is 12.3. The number of aryl methyl sites for hydroxylation is 2. The van der Waals surface area contributed by atoms with Crippen LogP contribution in [0.2, 0.25) is 15.1 Å². The predicted octanol–water partition coefficient (Wildman–Crippen LogP) is 4.34. The summed E-state index contributed by atoms with van der Waals surface area (Å²) in [5.74, 6) is 0.0381. The number of amides is 1. The van der Waals surface area contributed by atoms with E-state index in [4.69, 9.17) is 34.8 Å². The van der Waals surface area contributed by atoms with Crippen molar-refractivity contribution >= 4 is 46.5 Å². The van der Waals surface area contributed by atoms with Crippen molar-refractivity contribution < 1.29 is 4.79 Å². The first kappa shape index (κ1) is 18.8. The molecule has 3 rings (SSSR count). The van der Waals surface area contributed by atoms with Gasteiger partial charge in [0.1, 0.15) is 11.6 Å². The third kappa shape index (κ3) is 4.38. The predicted molar refractivity (Wildman–Crippen MR) is 103 cm³/mol. The Labute approximate surface area is 165 Å². The molecule has 0 saturated carbocycles. The van der Waals surface area contributed by atoms with Crippen LogP contribution in [0.25, 0.3) is 0 Å². The lowest BCUT2D eigenvalue weighted by Crippen LogP contribution is -2.21. The van der Waals surface area contributed by atoms with Gasteiger partial charge in [0.2, 0.25) is 5.91 Å². The lowest BCUT2D eigenvalue weighted by Gasteiger charge is -2.06. The van der Waals surface area contributed by atoms with E-state index in [1.165, 1.54) is 0 Å². The summed E-state index contributed by atoms with van der Waals surface area (Å²) in [5, 5.41) is 12.7. The van der Waals surface area contributed by atoms with Crippen LogP contribution in [0.3, 0.4) is 0 Å². The largest absolute Gasteiger partial charge is 0.306 e. The zero-order valence-corrected chi connectivity index (χ0v) is 16.4. The molecule has 1 amide bonds. The van der Waals surface area contributed by atoms with Crippen LogP contribution in [0.5, 0.6) is 0 Å². The second kappa shape index (κ2) is 7.70. The summed E-state index contributed by atoms with van der Waals surface area (Å²) in [4.78, 5) is 12.2. The van der Waals surface area contributed by atoms with E-state index < -0.39 is 0 Å². The molecule has 2 aromatic heterocycles. The Bertz CT molecular complexity index is 963. The van der Waals surface area contributed by atoms with Crippen molar-refractivity contribution in [3.63, 3.8) is 0 Å². The first-order valence-corrected chi connectivity index (χ1v) is 8.93. The Morgan fingerprint density at radius 3 is 2.54 bits per heavy atom. The van der Waals surface area contributed by atoms with Crippen LogP contribution >= 0.6 is 34.8 Å². The molecule has 3 aromatic rings. The minimum absolute atomic E-state index is 0.0892. The van der Waals surface area contributed by atoms with Gasteiger partial charge in [-0.3, -0.25) is 14.2 Å². The third-order valence-corrected chi connectivity index (χ3v) is 4.58. The molecule has 1 N–H and O–H groups in total. The number of rotatable bonds is 5. The number of anilines is 1. The molecule has 2 heterocycles. The van der Waals surface area contributed by atoms with Crippen LogP contribution in [-0.4, -0.2) is 25.5 Å². The zero-order chi connectivity index (χ0) is 18.8. The van der Waals surface area contributed by atoms with E-state index in [9.17, 15) is 4.79 Å². The lowest BCUT2D eigenvalue weighted by molar-refractivity contribution is -0.117. The highest BCUT2D eigenvalue weighted by molar-refractivity contribution is 6.35. The van der Waals surface area contributed by atoms with Crippen molar-refractivity contribution in [1.82, 2.24) is 19.6 Å². The molecule has 0 saturated heterocycles. The number of benzene rings is 1. The van der Waals surface area contributed by atoms with Gasteiger partial charge in [0.05, 0.1) is 12.2 Å². The van der Waals surface area contributed by atoms with Crippen LogP contribution in [-0.2, 0) is 17.9 Å². The summed E-state index contributed by atoms with van der Waals surface area (Å²) < 4.78 is 3.24. The van der Waals surface area contributed by atoms with Gasteiger partial charge in [-0.25, -0.2) is 0 Å². The van der Waals surface area contributed by atoms with Crippen molar-refractivity contribution in [2.45, 2.75) is 26.9 Å². The van der Waals surface area contributed by atoms with Gasteiger partial charge < -0.3 is 5.32 Å². The van der Waals surface area contributed by atoms with E-state index in [1.807, 2.05) is 26.0 Å². The lowest BCUT2D eigenvalue weighted by atomic mass is 10.2. The average molecular weight is 413 g/mol. The zero-order valence-electron chi connectivity index (χ0n) is 14.1. The van der Waals surface area contributed by atoms with Gasteiger partial charge in [0.25, 0.3) is 0 Å². The van der Waals surface area contributed by atoms with E-state index in [0.717, 1.165) is 17.0 Å². The highest BCUT2D eigenvalue weighted by atomic mass is 35.5. The molecule has 0 unspecified atom stereocenters. The number of carbonyl (C=O) groups excluding carboxylic acids is 1. The maximum atomic E-state index is 12.2. The highest BCUT2D eigenvalue weighted by Gasteiger charge is 2.13. The van der Waals surface area contributed by atoms with Crippen LogP contribution < -0.4 is 5.32 Å². The van der Waals surface area contributed by atoms with Crippen molar-refractivity contribution in [1.29, 1.82) is 0 Å². The van der Waals surface area contributed by atoms with E-state index >= 15 is 0 Å². The average Bonchev–Trinajstić information content (AvgIpc) is 3.04. The SMILES string of the molecule is Cc1cc(C)n(CC(=O)Nc2nn(Cc3ccc(Cl)cc3Cl)cc2Cl)n1. The van der Waals surface area contributed by atoms with E-state index in [-0.39, 0.29) is 12.5 Å². The molecule has 1 aromatic carbocycles. The summed E-state index contributed by atoms with van der Waals surface area (Å²) in [5.41, 5.74) is 2.61. The van der Waals surface area contributed by atoms with E-state index in [2.05, 4.69) is 15.5 Å². The number of carbonyl (C=O) groups is 1. The number of halogens is 3. The highest BCUT2D eigenvalue weighted by Crippen LogP contribution is 2.24. The molecule has 0 aliphatic carbocycles. The van der Waals surface area contributed by atoms with Gasteiger partial charge in [-0.15, -0.1) is 0 Å². The molecule has 9 heteroatoms.